The third-order valence-electron chi connectivity index (χ3n) is 5.07. The third-order valence-corrected chi connectivity index (χ3v) is 5.07. The van der Waals surface area contributed by atoms with Gasteiger partial charge in [-0.25, -0.2) is 0 Å². The Hall–Kier alpha value is -2.62. The first-order valence-corrected chi connectivity index (χ1v) is 7.37. The Morgan fingerprint density at radius 3 is 1.45 bits per heavy atom. The molecule has 1 fully saturated rings. The minimum absolute atomic E-state index is 0.00329. The summed E-state index contributed by atoms with van der Waals surface area (Å²) in [5.41, 5.74) is 2.02. The molecular weight excluding hydrogens is 280 g/mol. The topological polar surface area (TPSA) is 52.6 Å². The zero-order chi connectivity index (χ0) is 14.8. The molecule has 2 aromatic carbocycles. The first kappa shape index (κ1) is 12.0. The molecule has 0 spiro atoms. The number of carbonyl (C=O) groups is 2. The molecule has 1 saturated carbocycles. The van der Waals surface area contributed by atoms with Gasteiger partial charge in [0.15, 0.2) is 0 Å². The van der Waals surface area contributed by atoms with E-state index < -0.39 is 11.8 Å². The van der Waals surface area contributed by atoms with Crippen molar-refractivity contribution in [3.63, 3.8) is 0 Å². The summed E-state index contributed by atoms with van der Waals surface area (Å²) in [5, 5.41) is 0. The second-order valence-corrected chi connectivity index (χ2v) is 6.02. The van der Waals surface area contributed by atoms with Crippen LogP contribution in [0.1, 0.15) is 23.0 Å². The van der Waals surface area contributed by atoms with Gasteiger partial charge in [0.25, 0.3) is 0 Å². The van der Waals surface area contributed by atoms with Gasteiger partial charge >= 0.3 is 11.9 Å². The Kier molecular flexibility index (Phi) is 2.16. The van der Waals surface area contributed by atoms with Gasteiger partial charge in [0.05, 0.1) is 11.8 Å². The van der Waals surface area contributed by atoms with E-state index in [0.717, 1.165) is 11.1 Å². The second kappa shape index (κ2) is 3.97. The number of hydrogen-bond acceptors (Lipinski definition) is 4. The van der Waals surface area contributed by atoms with Gasteiger partial charge in [-0.3, -0.25) is 9.59 Å². The second-order valence-electron chi connectivity index (χ2n) is 6.02. The molecule has 2 heterocycles. The first-order valence-electron chi connectivity index (χ1n) is 7.37. The normalized spacial score (nSPS) is 30.7. The lowest BCUT2D eigenvalue weighted by Gasteiger charge is -2.53. The molecule has 22 heavy (non-hydrogen) atoms. The van der Waals surface area contributed by atoms with Crippen LogP contribution in [0.25, 0.3) is 0 Å². The van der Waals surface area contributed by atoms with E-state index in [1.54, 1.807) is 0 Å². The number of benzene rings is 2. The lowest BCUT2D eigenvalue weighted by molar-refractivity contribution is -0.165. The van der Waals surface area contributed by atoms with Crippen molar-refractivity contribution >= 4 is 11.9 Å². The predicted octanol–water partition coefficient (Wildman–Crippen LogP) is 2.64. The maximum atomic E-state index is 12.3. The number of para-hydroxylation sites is 2. The van der Waals surface area contributed by atoms with Crippen molar-refractivity contribution in [2.75, 3.05) is 0 Å². The zero-order valence-corrected chi connectivity index (χ0v) is 11.6. The smallest absolute Gasteiger partial charge is 0.315 e. The van der Waals surface area contributed by atoms with Crippen LogP contribution >= 0.6 is 0 Å². The number of ether oxygens (including phenoxy) is 2. The van der Waals surface area contributed by atoms with Crippen LogP contribution in [0.15, 0.2) is 48.5 Å². The molecule has 2 aliphatic heterocycles. The number of fused-ring (bicyclic) bond motifs is 8. The average molecular weight is 292 g/mol. The highest BCUT2D eigenvalue weighted by molar-refractivity contribution is 5.92. The van der Waals surface area contributed by atoms with Crippen LogP contribution in [0.2, 0.25) is 0 Å². The van der Waals surface area contributed by atoms with Gasteiger partial charge in [-0.05, 0) is 23.3 Å². The van der Waals surface area contributed by atoms with Crippen LogP contribution in [0.4, 0.5) is 0 Å². The quantitative estimate of drug-likeness (QED) is 0.553. The van der Waals surface area contributed by atoms with E-state index in [4.69, 9.17) is 9.47 Å². The molecule has 1 aliphatic carbocycles. The summed E-state index contributed by atoms with van der Waals surface area (Å²) in [7, 11) is 0. The molecule has 0 aromatic heterocycles. The van der Waals surface area contributed by atoms with Crippen molar-refractivity contribution in [3.8, 4) is 11.5 Å². The maximum Gasteiger partial charge on any atom is 0.315 e. The Morgan fingerprint density at radius 2 is 1.00 bits per heavy atom. The minimum Gasteiger partial charge on any atom is -0.426 e. The molecule has 4 nitrogen and oxygen atoms in total. The SMILES string of the molecule is O=C1Oc2ccccc2C2C1C1C(=O)Oc3ccccc3C12. The molecule has 2 aromatic rings. The summed E-state index contributed by atoms with van der Waals surface area (Å²) >= 11 is 0. The Bertz CT molecular complexity index is 756. The highest BCUT2D eigenvalue weighted by Gasteiger charge is 2.64. The number of rotatable bonds is 0. The summed E-state index contributed by atoms with van der Waals surface area (Å²) in [6, 6.07) is 15.2. The van der Waals surface area contributed by atoms with Crippen LogP contribution in [-0.4, -0.2) is 11.9 Å². The van der Waals surface area contributed by atoms with Crippen molar-refractivity contribution in [3.05, 3.63) is 59.7 Å². The van der Waals surface area contributed by atoms with E-state index in [-0.39, 0.29) is 23.8 Å². The van der Waals surface area contributed by atoms with Crippen molar-refractivity contribution in [2.24, 2.45) is 11.8 Å². The van der Waals surface area contributed by atoms with Crippen molar-refractivity contribution < 1.29 is 19.1 Å². The van der Waals surface area contributed by atoms with Crippen molar-refractivity contribution in [2.45, 2.75) is 11.8 Å². The fourth-order valence-corrected chi connectivity index (χ4v) is 4.16. The highest BCUT2D eigenvalue weighted by Crippen LogP contribution is 2.64. The van der Waals surface area contributed by atoms with Crippen LogP contribution < -0.4 is 9.47 Å². The van der Waals surface area contributed by atoms with Gasteiger partial charge in [0.1, 0.15) is 11.5 Å². The van der Waals surface area contributed by atoms with Gasteiger partial charge in [-0.2, -0.15) is 0 Å². The van der Waals surface area contributed by atoms with Crippen LogP contribution in [0.5, 0.6) is 11.5 Å². The van der Waals surface area contributed by atoms with E-state index >= 15 is 0 Å². The van der Waals surface area contributed by atoms with Crippen LogP contribution in [0, 0.1) is 11.8 Å². The third kappa shape index (κ3) is 1.32. The standard InChI is InChI=1S/C18H12O4/c19-17-15-13(9-5-1-3-7-11(9)21-17)14-10-6-2-4-8-12(10)22-18(20)16(14)15/h1-8,13-16H. The maximum absolute atomic E-state index is 12.3. The number of carbonyl (C=O) groups excluding carboxylic acids is 2. The lowest BCUT2D eigenvalue weighted by Crippen LogP contribution is -2.57. The Morgan fingerprint density at radius 1 is 0.591 bits per heavy atom. The van der Waals surface area contributed by atoms with Gasteiger partial charge in [0, 0.05) is 11.8 Å². The summed E-state index contributed by atoms with van der Waals surface area (Å²) in [6.45, 7) is 0. The minimum atomic E-state index is -0.430. The summed E-state index contributed by atoms with van der Waals surface area (Å²) in [4.78, 5) is 24.6. The molecule has 0 N–H and O–H groups in total. The van der Waals surface area contributed by atoms with Gasteiger partial charge < -0.3 is 9.47 Å². The molecule has 0 radical (unpaired) electrons. The van der Waals surface area contributed by atoms with E-state index in [2.05, 4.69) is 0 Å². The van der Waals surface area contributed by atoms with Gasteiger partial charge in [0.2, 0.25) is 0 Å². The van der Waals surface area contributed by atoms with Crippen molar-refractivity contribution in [1.29, 1.82) is 0 Å². The molecule has 108 valence electrons. The van der Waals surface area contributed by atoms with E-state index in [1.807, 2.05) is 48.5 Å². The van der Waals surface area contributed by atoms with E-state index in [0.29, 0.717) is 11.5 Å². The molecule has 0 amide bonds. The van der Waals surface area contributed by atoms with Crippen LogP contribution in [-0.2, 0) is 9.59 Å². The predicted molar refractivity (Wildman–Crippen MR) is 76.6 cm³/mol. The molecule has 4 heteroatoms. The molecule has 3 aliphatic rings. The summed E-state index contributed by atoms with van der Waals surface area (Å²) < 4.78 is 10.8. The highest BCUT2D eigenvalue weighted by atomic mass is 16.5. The fraction of sp³-hybridized carbons (Fsp3) is 0.222. The van der Waals surface area contributed by atoms with Crippen LogP contribution in [0.3, 0.4) is 0 Å². The zero-order valence-electron chi connectivity index (χ0n) is 11.6. The average Bonchev–Trinajstić information content (AvgIpc) is 2.49. The summed E-state index contributed by atoms with van der Waals surface area (Å²) in [5.74, 6) is -0.274. The molecule has 0 saturated heterocycles. The number of hydrogen-bond donors (Lipinski definition) is 0. The fourth-order valence-electron chi connectivity index (χ4n) is 4.16. The number of esters is 2. The van der Waals surface area contributed by atoms with Gasteiger partial charge in [-0.1, -0.05) is 36.4 Å². The largest absolute Gasteiger partial charge is 0.426 e. The Labute approximate surface area is 126 Å². The molecule has 4 unspecified atom stereocenters. The van der Waals surface area contributed by atoms with E-state index in [9.17, 15) is 9.59 Å². The summed E-state index contributed by atoms with van der Waals surface area (Å²) in [6.07, 6.45) is 0. The van der Waals surface area contributed by atoms with Gasteiger partial charge in [-0.15, -0.1) is 0 Å². The lowest BCUT2D eigenvalue weighted by atomic mass is 9.51. The first-order chi connectivity index (χ1) is 10.8. The Balaban J connectivity index is 1.71. The van der Waals surface area contributed by atoms with Crippen molar-refractivity contribution in [1.82, 2.24) is 0 Å². The molecule has 5 rings (SSSR count). The van der Waals surface area contributed by atoms with E-state index in [1.165, 1.54) is 0 Å². The monoisotopic (exact) mass is 292 g/mol. The molecule has 0 bridgehead atoms. The molecular formula is C18H12O4. The molecule has 4 atom stereocenters.